The van der Waals surface area contributed by atoms with Crippen LogP contribution in [0.15, 0.2) is 36.7 Å². The van der Waals surface area contributed by atoms with Gasteiger partial charge in [-0.2, -0.15) is 0 Å². The standard InChI is InChI=1S/C16H20N2O4.BrH/c1-3-21-16(20)11-22-15-6-4-14(5-7-15)10-17-8-9-18(12-17)13(2)19;/h4-9H,3,10-12H2,1-2H3;1H. The number of amides is 1. The normalized spacial score (nSPS) is 12.8. The fourth-order valence-electron chi connectivity index (χ4n) is 2.04. The molecule has 0 aliphatic carbocycles. The minimum absolute atomic E-state index is 0. The molecule has 1 aliphatic rings. The van der Waals surface area contributed by atoms with Crippen molar-refractivity contribution >= 4 is 28.9 Å². The number of ether oxygens (including phenoxy) is 2. The van der Waals surface area contributed by atoms with Gasteiger partial charge in [0.05, 0.1) is 13.3 Å². The van der Waals surface area contributed by atoms with Crippen molar-refractivity contribution < 1.29 is 19.1 Å². The summed E-state index contributed by atoms with van der Waals surface area (Å²) < 4.78 is 10.1. The second kappa shape index (κ2) is 9.19. The van der Waals surface area contributed by atoms with Crippen LogP contribution in [0.4, 0.5) is 0 Å². The van der Waals surface area contributed by atoms with Crippen LogP contribution in [-0.2, 0) is 20.9 Å². The van der Waals surface area contributed by atoms with E-state index in [0.29, 0.717) is 25.6 Å². The van der Waals surface area contributed by atoms with Crippen LogP contribution in [0, 0.1) is 0 Å². The first-order valence-corrected chi connectivity index (χ1v) is 7.15. The first-order chi connectivity index (χ1) is 10.6. The molecule has 0 N–H and O–H groups in total. The lowest BCUT2D eigenvalue weighted by molar-refractivity contribution is -0.145. The van der Waals surface area contributed by atoms with Gasteiger partial charge in [-0.05, 0) is 24.6 Å². The van der Waals surface area contributed by atoms with Gasteiger partial charge in [-0.1, -0.05) is 12.1 Å². The van der Waals surface area contributed by atoms with Crippen molar-refractivity contribution in [2.24, 2.45) is 0 Å². The first-order valence-electron chi connectivity index (χ1n) is 7.15. The molecule has 0 radical (unpaired) electrons. The fraction of sp³-hybridized carbons (Fsp3) is 0.375. The van der Waals surface area contributed by atoms with Crippen LogP contribution in [0.2, 0.25) is 0 Å². The molecule has 2 rings (SSSR count). The lowest BCUT2D eigenvalue weighted by Crippen LogP contribution is -2.28. The maximum Gasteiger partial charge on any atom is 0.344 e. The quantitative estimate of drug-likeness (QED) is 0.704. The van der Waals surface area contributed by atoms with Crippen molar-refractivity contribution in [1.29, 1.82) is 0 Å². The molecule has 6 nitrogen and oxygen atoms in total. The second-order valence-electron chi connectivity index (χ2n) is 4.91. The molecule has 1 aromatic carbocycles. The van der Waals surface area contributed by atoms with Crippen LogP contribution in [0.1, 0.15) is 19.4 Å². The van der Waals surface area contributed by atoms with E-state index in [1.165, 1.54) is 0 Å². The Morgan fingerprint density at radius 3 is 2.43 bits per heavy atom. The van der Waals surface area contributed by atoms with Crippen LogP contribution in [0.3, 0.4) is 0 Å². The number of hydrogen-bond acceptors (Lipinski definition) is 5. The summed E-state index contributed by atoms with van der Waals surface area (Å²) in [6.45, 7) is 4.84. The SMILES string of the molecule is Br.CCOC(=O)COc1ccc(CN2C=CN(C(C)=O)C2)cc1. The third-order valence-electron chi connectivity index (χ3n) is 3.17. The van der Waals surface area contributed by atoms with Crippen molar-refractivity contribution in [2.45, 2.75) is 20.4 Å². The molecular weight excluding hydrogens is 364 g/mol. The molecule has 0 unspecified atom stereocenters. The number of carbonyl (C=O) groups excluding carboxylic acids is 2. The molecule has 0 fully saturated rings. The fourth-order valence-corrected chi connectivity index (χ4v) is 2.04. The van der Waals surface area contributed by atoms with Gasteiger partial charge in [0.15, 0.2) is 6.61 Å². The van der Waals surface area contributed by atoms with Gasteiger partial charge < -0.3 is 14.4 Å². The number of nitrogens with zero attached hydrogens (tertiary/aromatic N) is 2. The van der Waals surface area contributed by atoms with E-state index >= 15 is 0 Å². The maximum atomic E-state index is 11.3. The van der Waals surface area contributed by atoms with Crippen molar-refractivity contribution in [3.8, 4) is 5.75 Å². The van der Waals surface area contributed by atoms with Crippen LogP contribution in [0.5, 0.6) is 5.75 Å². The molecule has 0 bridgehead atoms. The van der Waals surface area contributed by atoms with Gasteiger partial charge in [0, 0.05) is 25.9 Å². The number of carbonyl (C=O) groups is 2. The summed E-state index contributed by atoms with van der Waals surface area (Å²) in [6, 6.07) is 7.50. The van der Waals surface area contributed by atoms with Gasteiger partial charge in [0.25, 0.3) is 0 Å². The monoisotopic (exact) mass is 384 g/mol. The Bertz CT molecular complexity index is 560. The Morgan fingerprint density at radius 1 is 1.17 bits per heavy atom. The van der Waals surface area contributed by atoms with Gasteiger partial charge in [0.2, 0.25) is 5.91 Å². The Morgan fingerprint density at radius 2 is 1.87 bits per heavy atom. The van der Waals surface area contributed by atoms with E-state index < -0.39 is 0 Å². The smallest absolute Gasteiger partial charge is 0.344 e. The summed E-state index contributed by atoms with van der Waals surface area (Å²) in [5.74, 6) is 0.277. The first kappa shape index (κ1) is 19.0. The lowest BCUT2D eigenvalue weighted by Gasteiger charge is -2.19. The molecule has 126 valence electrons. The van der Waals surface area contributed by atoms with Gasteiger partial charge in [-0.15, -0.1) is 17.0 Å². The van der Waals surface area contributed by atoms with Crippen molar-refractivity contribution in [3.63, 3.8) is 0 Å². The third kappa shape index (κ3) is 5.94. The Hall–Kier alpha value is -2.02. The van der Waals surface area contributed by atoms with E-state index in [0.717, 1.165) is 5.56 Å². The number of rotatable bonds is 6. The Kier molecular flexibility index (Phi) is 7.61. The average Bonchev–Trinajstić information content (AvgIpc) is 2.96. The molecule has 1 heterocycles. The number of esters is 1. The Labute approximate surface area is 146 Å². The van der Waals surface area contributed by atoms with Gasteiger partial charge in [0.1, 0.15) is 5.75 Å². The van der Waals surface area contributed by atoms with Crippen LogP contribution in [-0.4, -0.2) is 41.6 Å². The highest BCUT2D eigenvalue weighted by atomic mass is 79.9. The van der Waals surface area contributed by atoms with Crippen LogP contribution in [0.25, 0.3) is 0 Å². The summed E-state index contributed by atoms with van der Waals surface area (Å²) in [4.78, 5) is 26.1. The predicted octanol–water partition coefficient (Wildman–Crippen LogP) is 2.30. The van der Waals surface area contributed by atoms with Crippen LogP contribution >= 0.6 is 17.0 Å². The molecule has 0 spiro atoms. The highest BCUT2D eigenvalue weighted by molar-refractivity contribution is 8.93. The highest BCUT2D eigenvalue weighted by Crippen LogP contribution is 2.16. The second-order valence-corrected chi connectivity index (χ2v) is 4.91. The maximum absolute atomic E-state index is 11.3. The molecule has 0 aromatic heterocycles. The van der Waals surface area contributed by atoms with Crippen LogP contribution < -0.4 is 4.74 Å². The van der Waals surface area contributed by atoms with E-state index in [2.05, 4.69) is 0 Å². The minimum Gasteiger partial charge on any atom is -0.482 e. The van der Waals surface area contributed by atoms with Crippen molar-refractivity contribution in [2.75, 3.05) is 19.9 Å². The molecule has 23 heavy (non-hydrogen) atoms. The van der Waals surface area contributed by atoms with E-state index in [9.17, 15) is 9.59 Å². The largest absolute Gasteiger partial charge is 0.482 e. The Balaban J connectivity index is 0.00000264. The molecule has 1 aromatic rings. The van der Waals surface area contributed by atoms with Gasteiger partial charge in [-0.3, -0.25) is 9.69 Å². The molecule has 1 aliphatic heterocycles. The molecule has 0 saturated heterocycles. The number of hydrogen-bond donors (Lipinski definition) is 0. The zero-order valence-corrected chi connectivity index (χ0v) is 14.9. The van der Waals surface area contributed by atoms with E-state index in [-0.39, 0.29) is 35.5 Å². The average molecular weight is 385 g/mol. The molecule has 0 saturated carbocycles. The zero-order chi connectivity index (χ0) is 15.9. The molecule has 0 atom stereocenters. The summed E-state index contributed by atoms with van der Waals surface area (Å²) >= 11 is 0. The molecular formula is C16H21BrN2O4. The van der Waals surface area contributed by atoms with Gasteiger partial charge >= 0.3 is 5.97 Å². The topological polar surface area (TPSA) is 59.1 Å². The van der Waals surface area contributed by atoms with Crippen molar-refractivity contribution in [1.82, 2.24) is 9.80 Å². The predicted molar refractivity (Wildman–Crippen MR) is 91.0 cm³/mol. The van der Waals surface area contributed by atoms with E-state index in [4.69, 9.17) is 9.47 Å². The number of halogens is 1. The lowest BCUT2D eigenvalue weighted by atomic mass is 10.2. The zero-order valence-electron chi connectivity index (χ0n) is 13.2. The summed E-state index contributed by atoms with van der Waals surface area (Å²) in [7, 11) is 0. The van der Waals surface area contributed by atoms with E-state index in [1.54, 1.807) is 24.9 Å². The summed E-state index contributed by atoms with van der Waals surface area (Å²) in [6.07, 6.45) is 3.67. The number of benzene rings is 1. The van der Waals surface area contributed by atoms with E-state index in [1.807, 2.05) is 35.4 Å². The molecule has 1 amide bonds. The molecule has 7 heteroatoms. The third-order valence-corrected chi connectivity index (χ3v) is 3.17. The minimum atomic E-state index is -0.377. The summed E-state index contributed by atoms with van der Waals surface area (Å²) in [5.41, 5.74) is 1.10. The summed E-state index contributed by atoms with van der Waals surface area (Å²) in [5, 5.41) is 0. The van der Waals surface area contributed by atoms with Gasteiger partial charge in [-0.25, -0.2) is 4.79 Å². The van der Waals surface area contributed by atoms with Crippen molar-refractivity contribution in [3.05, 3.63) is 42.2 Å². The highest BCUT2D eigenvalue weighted by Gasteiger charge is 2.15.